The first-order valence-corrected chi connectivity index (χ1v) is 5.69. The molecule has 17 heavy (non-hydrogen) atoms. The van der Waals surface area contributed by atoms with E-state index in [0.29, 0.717) is 0 Å². The Morgan fingerprint density at radius 2 is 2.00 bits per heavy atom. The van der Waals surface area contributed by atoms with Crippen LogP contribution in [0.1, 0.15) is 0 Å². The Morgan fingerprint density at radius 1 is 1.35 bits per heavy atom. The van der Waals surface area contributed by atoms with Gasteiger partial charge in [-0.05, 0) is 18.2 Å². The Hall–Kier alpha value is -1.15. The molecule has 0 aliphatic carbocycles. The molecule has 0 aliphatic rings. The topological polar surface area (TPSA) is 52.3 Å². The summed E-state index contributed by atoms with van der Waals surface area (Å²) in [5, 5.41) is 0. The fourth-order valence-corrected chi connectivity index (χ4v) is 1.86. The van der Waals surface area contributed by atoms with E-state index in [1.807, 2.05) is 0 Å². The quantitative estimate of drug-likeness (QED) is 0.673. The molecule has 0 amide bonds. The van der Waals surface area contributed by atoms with Crippen LogP contribution in [0.25, 0.3) is 0 Å². The standard InChI is InChI=1S/C9H9F4NO2S/c10-7-3-6(14)1-2-8(7)17(15)5-16-4-9(11,12)13/h1-3H,4-5,14H2. The normalized spacial score (nSPS) is 13.6. The van der Waals surface area contributed by atoms with Gasteiger partial charge in [0.2, 0.25) is 0 Å². The third-order valence-electron chi connectivity index (χ3n) is 1.66. The molecule has 0 fully saturated rings. The number of ether oxygens (including phenoxy) is 1. The number of nitrogens with two attached hydrogens (primary N) is 1. The van der Waals surface area contributed by atoms with Gasteiger partial charge in [-0.1, -0.05) is 0 Å². The molecule has 8 heteroatoms. The molecule has 0 aromatic heterocycles. The summed E-state index contributed by atoms with van der Waals surface area (Å²) in [5.41, 5.74) is 5.40. The van der Waals surface area contributed by atoms with Crippen molar-refractivity contribution >= 4 is 16.5 Å². The molecule has 0 saturated heterocycles. The number of benzene rings is 1. The first-order valence-electron chi connectivity index (χ1n) is 4.37. The Bertz CT molecular complexity index is 422. The van der Waals surface area contributed by atoms with Gasteiger partial charge in [0.05, 0.1) is 15.7 Å². The summed E-state index contributed by atoms with van der Waals surface area (Å²) in [6.45, 7) is -1.52. The molecule has 3 nitrogen and oxygen atoms in total. The number of rotatable bonds is 4. The van der Waals surface area contributed by atoms with E-state index in [1.165, 1.54) is 6.07 Å². The van der Waals surface area contributed by atoms with Crippen LogP contribution in [0, 0.1) is 5.82 Å². The summed E-state index contributed by atoms with van der Waals surface area (Å²) in [7, 11) is -1.99. The highest BCUT2D eigenvalue weighted by Crippen LogP contribution is 2.18. The van der Waals surface area contributed by atoms with Gasteiger partial charge in [0.1, 0.15) is 18.4 Å². The monoisotopic (exact) mass is 271 g/mol. The van der Waals surface area contributed by atoms with Crippen LogP contribution in [0.3, 0.4) is 0 Å². The lowest BCUT2D eigenvalue weighted by Gasteiger charge is -2.08. The Morgan fingerprint density at radius 3 is 2.53 bits per heavy atom. The van der Waals surface area contributed by atoms with Gasteiger partial charge in [0, 0.05) is 5.69 Å². The van der Waals surface area contributed by atoms with Crippen molar-refractivity contribution < 1.29 is 26.5 Å². The van der Waals surface area contributed by atoms with Gasteiger partial charge < -0.3 is 10.5 Å². The van der Waals surface area contributed by atoms with Gasteiger partial charge in [-0.3, -0.25) is 4.21 Å². The summed E-state index contributed by atoms with van der Waals surface area (Å²) in [6.07, 6.45) is -4.50. The van der Waals surface area contributed by atoms with Gasteiger partial charge in [-0.2, -0.15) is 13.2 Å². The highest BCUT2D eigenvalue weighted by atomic mass is 32.2. The highest BCUT2D eigenvalue weighted by Gasteiger charge is 2.27. The SMILES string of the molecule is Nc1ccc(S(=O)COCC(F)(F)F)c(F)c1. The second-order valence-corrected chi connectivity index (χ2v) is 4.48. The van der Waals surface area contributed by atoms with Crippen LogP contribution in [0.2, 0.25) is 0 Å². The van der Waals surface area contributed by atoms with Crippen molar-refractivity contribution in [3.8, 4) is 0 Å². The van der Waals surface area contributed by atoms with Gasteiger partial charge in [-0.15, -0.1) is 0 Å². The predicted molar refractivity (Wildman–Crippen MR) is 54.1 cm³/mol. The van der Waals surface area contributed by atoms with Gasteiger partial charge in [0.25, 0.3) is 0 Å². The Kier molecular flexibility index (Phi) is 4.47. The minimum Gasteiger partial charge on any atom is -0.399 e. The molecule has 1 unspecified atom stereocenters. The molecule has 1 atom stereocenters. The second kappa shape index (κ2) is 5.46. The third kappa shape index (κ3) is 4.70. The van der Waals surface area contributed by atoms with Gasteiger partial charge in [0.15, 0.2) is 0 Å². The molecule has 1 aromatic rings. The molecule has 0 spiro atoms. The number of nitrogen functional groups attached to an aromatic ring is 1. The summed E-state index contributed by atoms with van der Waals surface area (Å²) in [6, 6.07) is 3.40. The largest absolute Gasteiger partial charge is 0.411 e. The van der Waals surface area contributed by atoms with Crippen molar-refractivity contribution in [3.63, 3.8) is 0 Å². The molecule has 0 saturated carbocycles. The average Bonchev–Trinajstić information content (AvgIpc) is 2.15. The average molecular weight is 271 g/mol. The van der Waals surface area contributed by atoms with Crippen LogP contribution in [-0.2, 0) is 15.5 Å². The Labute approximate surface area is 97.0 Å². The fraction of sp³-hybridized carbons (Fsp3) is 0.333. The molecule has 0 bridgehead atoms. The van der Waals surface area contributed by atoms with E-state index in [1.54, 1.807) is 0 Å². The maximum Gasteiger partial charge on any atom is 0.411 e. The Balaban J connectivity index is 2.59. The summed E-state index contributed by atoms with van der Waals surface area (Å²) < 4.78 is 64.0. The zero-order chi connectivity index (χ0) is 13.1. The third-order valence-corrected chi connectivity index (χ3v) is 2.86. The van der Waals surface area contributed by atoms with Crippen molar-refractivity contribution in [1.82, 2.24) is 0 Å². The zero-order valence-corrected chi connectivity index (χ0v) is 9.28. The van der Waals surface area contributed by atoms with E-state index >= 15 is 0 Å². The summed E-state index contributed by atoms with van der Waals surface area (Å²) >= 11 is 0. The molecule has 0 heterocycles. The highest BCUT2D eigenvalue weighted by molar-refractivity contribution is 7.84. The smallest absolute Gasteiger partial charge is 0.399 e. The maximum atomic E-state index is 13.2. The van der Waals surface area contributed by atoms with Crippen LogP contribution < -0.4 is 5.73 Å². The molecular formula is C9H9F4NO2S. The fourth-order valence-electron chi connectivity index (χ4n) is 0.998. The lowest BCUT2D eigenvalue weighted by molar-refractivity contribution is -0.169. The predicted octanol–water partition coefficient (Wildman–Crippen LogP) is 2.05. The zero-order valence-electron chi connectivity index (χ0n) is 8.46. The van der Waals surface area contributed by atoms with Crippen molar-refractivity contribution in [2.45, 2.75) is 11.1 Å². The van der Waals surface area contributed by atoms with Crippen LogP contribution in [0.4, 0.5) is 23.2 Å². The van der Waals surface area contributed by atoms with Crippen molar-refractivity contribution in [1.29, 1.82) is 0 Å². The van der Waals surface area contributed by atoms with Crippen LogP contribution >= 0.6 is 0 Å². The minimum absolute atomic E-state index is 0.138. The van der Waals surface area contributed by atoms with E-state index in [-0.39, 0.29) is 10.6 Å². The minimum atomic E-state index is -4.50. The molecule has 0 aliphatic heterocycles. The summed E-state index contributed by atoms with van der Waals surface area (Å²) in [4.78, 5) is -0.235. The number of alkyl halides is 3. The van der Waals surface area contributed by atoms with E-state index in [9.17, 15) is 21.8 Å². The molecule has 96 valence electrons. The first kappa shape index (κ1) is 13.9. The number of anilines is 1. The van der Waals surface area contributed by atoms with E-state index < -0.39 is 35.3 Å². The maximum absolute atomic E-state index is 13.2. The lowest BCUT2D eigenvalue weighted by Crippen LogP contribution is -2.19. The van der Waals surface area contributed by atoms with Gasteiger partial charge in [-0.25, -0.2) is 4.39 Å². The van der Waals surface area contributed by atoms with Crippen molar-refractivity contribution in [2.75, 3.05) is 18.3 Å². The van der Waals surface area contributed by atoms with Crippen molar-refractivity contribution in [3.05, 3.63) is 24.0 Å². The molecular weight excluding hydrogens is 262 g/mol. The van der Waals surface area contributed by atoms with Crippen LogP contribution in [0.15, 0.2) is 23.1 Å². The molecule has 1 aromatic carbocycles. The lowest BCUT2D eigenvalue weighted by atomic mass is 10.3. The van der Waals surface area contributed by atoms with Crippen molar-refractivity contribution in [2.24, 2.45) is 0 Å². The van der Waals surface area contributed by atoms with Gasteiger partial charge >= 0.3 is 6.18 Å². The summed E-state index contributed by atoms with van der Waals surface area (Å²) in [5.74, 6) is -1.56. The number of hydrogen-bond acceptors (Lipinski definition) is 3. The van der Waals surface area contributed by atoms with Crippen LogP contribution in [0.5, 0.6) is 0 Å². The molecule has 0 radical (unpaired) electrons. The second-order valence-electron chi connectivity index (χ2n) is 3.12. The van der Waals surface area contributed by atoms with Crippen LogP contribution in [-0.4, -0.2) is 22.9 Å². The van der Waals surface area contributed by atoms with E-state index in [0.717, 1.165) is 12.1 Å². The molecule has 1 rings (SSSR count). The molecule has 2 N–H and O–H groups in total. The van der Waals surface area contributed by atoms with E-state index in [2.05, 4.69) is 4.74 Å². The first-order chi connectivity index (χ1) is 7.79. The van der Waals surface area contributed by atoms with E-state index in [4.69, 9.17) is 5.73 Å². The number of hydrogen-bond donors (Lipinski definition) is 1. The number of halogens is 4.